The molecule has 21 heavy (non-hydrogen) atoms. The minimum atomic E-state index is -0.354. The number of halogens is 2. The standard InChI is InChI=1S/C17H13ClFNO/c18-15-7-8-17(14-4-2-1-3-13(14)15)21-10-11-5-6-12(19)9-16(11)20/h1-9H,10,20H2. The van der Waals surface area contributed by atoms with Crippen LogP contribution in [-0.4, -0.2) is 0 Å². The molecule has 0 aliphatic heterocycles. The third-order valence-corrected chi connectivity index (χ3v) is 3.65. The molecular weight excluding hydrogens is 289 g/mol. The van der Waals surface area contributed by atoms with Gasteiger partial charge in [0.15, 0.2) is 0 Å². The van der Waals surface area contributed by atoms with E-state index in [1.165, 1.54) is 12.1 Å². The molecule has 0 bridgehead atoms. The zero-order valence-corrected chi connectivity index (χ0v) is 11.9. The quantitative estimate of drug-likeness (QED) is 0.706. The van der Waals surface area contributed by atoms with Crippen LogP contribution in [0.25, 0.3) is 10.8 Å². The second kappa shape index (κ2) is 5.62. The van der Waals surface area contributed by atoms with Crippen LogP contribution in [-0.2, 0) is 6.61 Å². The Bertz CT molecular complexity index is 804. The summed E-state index contributed by atoms with van der Waals surface area (Å²) in [4.78, 5) is 0. The van der Waals surface area contributed by atoms with Crippen molar-refractivity contribution in [1.29, 1.82) is 0 Å². The number of nitrogens with two attached hydrogens (primary N) is 1. The van der Waals surface area contributed by atoms with Gasteiger partial charge in [-0.2, -0.15) is 0 Å². The van der Waals surface area contributed by atoms with E-state index in [4.69, 9.17) is 22.1 Å². The molecule has 0 saturated carbocycles. The lowest BCUT2D eigenvalue weighted by Crippen LogP contribution is -2.01. The number of hydrogen-bond donors (Lipinski definition) is 1. The van der Waals surface area contributed by atoms with Crippen LogP contribution < -0.4 is 10.5 Å². The predicted octanol–water partition coefficient (Wildman–Crippen LogP) is 4.79. The number of rotatable bonds is 3. The Morgan fingerprint density at radius 3 is 2.52 bits per heavy atom. The SMILES string of the molecule is Nc1cc(F)ccc1COc1ccc(Cl)c2ccccc12. The van der Waals surface area contributed by atoms with Crippen molar-refractivity contribution in [1.82, 2.24) is 0 Å². The highest BCUT2D eigenvalue weighted by atomic mass is 35.5. The topological polar surface area (TPSA) is 35.2 Å². The monoisotopic (exact) mass is 301 g/mol. The summed E-state index contributed by atoms with van der Waals surface area (Å²) < 4.78 is 18.8. The lowest BCUT2D eigenvalue weighted by atomic mass is 10.1. The number of anilines is 1. The molecule has 0 aliphatic carbocycles. The molecule has 0 saturated heterocycles. The predicted molar refractivity (Wildman–Crippen MR) is 84.1 cm³/mol. The van der Waals surface area contributed by atoms with Crippen molar-refractivity contribution in [3.05, 3.63) is 71.0 Å². The van der Waals surface area contributed by atoms with Gasteiger partial charge in [-0.15, -0.1) is 0 Å². The van der Waals surface area contributed by atoms with Gasteiger partial charge in [0.25, 0.3) is 0 Å². The summed E-state index contributed by atoms with van der Waals surface area (Å²) in [5.74, 6) is 0.368. The molecule has 0 aliphatic rings. The van der Waals surface area contributed by atoms with E-state index in [0.717, 1.165) is 22.1 Å². The van der Waals surface area contributed by atoms with Crippen molar-refractivity contribution in [2.24, 2.45) is 0 Å². The molecule has 2 N–H and O–H groups in total. The summed E-state index contributed by atoms with van der Waals surface area (Å²) in [5.41, 5.74) is 6.91. The number of ether oxygens (including phenoxy) is 1. The molecule has 0 fully saturated rings. The third-order valence-electron chi connectivity index (χ3n) is 3.32. The van der Waals surface area contributed by atoms with Crippen molar-refractivity contribution in [3.63, 3.8) is 0 Å². The second-order valence-corrected chi connectivity index (χ2v) is 5.13. The van der Waals surface area contributed by atoms with E-state index >= 15 is 0 Å². The summed E-state index contributed by atoms with van der Waals surface area (Å²) in [6.07, 6.45) is 0. The zero-order valence-electron chi connectivity index (χ0n) is 11.1. The fourth-order valence-electron chi connectivity index (χ4n) is 2.21. The molecule has 106 valence electrons. The molecular formula is C17H13ClFNO. The van der Waals surface area contributed by atoms with Gasteiger partial charge in [-0.05, 0) is 24.3 Å². The molecule has 0 heterocycles. The summed E-state index contributed by atoms with van der Waals surface area (Å²) >= 11 is 6.17. The average molecular weight is 302 g/mol. The lowest BCUT2D eigenvalue weighted by Gasteiger charge is -2.11. The van der Waals surface area contributed by atoms with Gasteiger partial charge in [0.1, 0.15) is 18.2 Å². The summed E-state index contributed by atoms with van der Waals surface area (Å²) in [6, 6.07) is 15.7. The minimum absolute atomic E-state index is 0.276. The van der Waals surface area contributed by atoms with Crippen molar-refractivity contribution < 1.29 is 9.13 Å². The lowest BCUT2D eigenvalue weighted by molar-refractivity contribution is 0.310. The molecule has 2 nitrogen and oxygen atoms in total. The molecule has 0 aromatic heterocycles. The number of benzene rings is 3. The van der Waals surface area contributed by atoms with Crippen LogP contribution in [0.4, 0.5) is 10.1 Å². The van der Waals surface area contributed by atoms with E-state index in [0.29, 0.717) is 10.7 Å². The smallest absolute Gasteiger partial charge is 0.127 e. The summed E-state index contributed by atoms with van der Waals surface area (Å²) in [6.45, 7) is 0.276. The van der Waals surface area contributed by atoms with Crippen LogP contribution in [0.1, 0.15) is 5.56 Å². The Balaban J connectivity index is 1.90. The van der Waals surface area contributed by atoms with Gasteiger partial charge < -0.3 is 10.5 Å². The average Bonchev–Trinajstić information content (AvgIpc) is 2.48. The van der Waals surface area contributed by atoms with E-state index in [2.05, 4.69) is 0 Å². The summed E-state index contributed by atoms with van der Waals surface area (Å²) in [7, 11) is 0. The highest BCUT2D eigenvalue weighted by Gasteiger charge is 2.07. The number of hydrogen-bond acceptors (Lipinski definition) is 2. The Morgan fingerprint density at radius 2 is 1.76 bits per heavy atom. The maximum Gasteiger partial charge on any atom is 0.127 e. The van der Waals surface area contributed by atoms with Gasteiger partial charge in [-0.1, -0.05) is 41.9 Å². The van der Waals surface area contributed by atoms with Gasteiger partial charge in [-0.3, -0.25) is 0 Å². The van der Waals surface area contributed by atoms with Gasteiger partial charge in [-0.25, -0.2) is 4.39 Å². The van der Waals surface area contributed by atoms with Gasteiger partial charge in [0.05, 0.1) is 0 Å². The first kappa shape index (κ1) is 13.7. The molecule has 3 aromatic rings. The van der Waals surface area contributed by atoms with Crippen LogP contribution in [0.15, 0.2) is 54.6 Å². The minimum Gasteiger partial charge on any atom is -0.488 e. The molecule has 0 atom stereocenters. The summed E-state index contributed by atoms with van der Waals surface area (Å²) in [5, 5.41) is 2.55. The number of fused-ring (bicyclic) bond motifs is 1. The van der Waals surface area contributed by atoms with Gasteiger partial charge in [0, 0.05) is 27.0 Å². The Morgan fingerprint density at radius 1 is 1.00 bits per heavy atom. The largest absolute Gasteiger partial charge is 0.488 e. The van der Waals surface area contributed by atoms with Crippen LogP contribution in [0, 0.1) is 5.82 Å². The Kier molecular flexibility index (Phi) is 3.67. The van der Waals surface area contributed by atoms with E-state index in [1.807, 2.05) is 30.3 Å². The van der Waals surface area contributed by atoms with Crippen LogP contribution in [0.5, 0.6) is 5.75 Å². The van der Waals surface area contributed by atoms with Gasteiger partial charge in [0.2, 0.25) is 0 Å². The third kappa shape index (κ3) is 2.78. The first-order chi connectivity index (χ1) is 10.1. The highest BCUT2D eigenvalue weighted by Crippen LogP contribution is 2.32. The molecule has 0 radical (unpaired) electrons. The first-order valence-electron chi connectivity index (χ1n) is 6.49. The fraction of sp³-hybridized carbons (Fsp3) is 0.0588. The Hall–Kier alpha value is -2.26. The number of nitrogen functional groups attached to an aromatic ring is 1. The van der Waals surface area contributed by atoms with Gasteiger partial charge >= 0.3 is 0 Å². The second-order valence-electron chi connectivity index (χ2n) is 4.72. The molecule has 0 spiro atoms. The fourth-order valence-corrected chi connectivity index (χ4v) is 2.44. The van der Waals surface area contributed by atoms with Crippen molar-refractivity contribution >= 4 is 28.1 Å². The van der Waals surface area contributed by atoms with E-state index < -0.39 is 0 Å². The van der Waals surface area contributed by atoms with Crippen molar-refractivity contribution in [3.8, 4) is 5.75 Å². The Labute approximate surface area is 126 Å². The molecule has 3 aromatic carbocycles. The maximum absolute atomic E-state index is 13.0. The van der Waals surface area contributed by atoms with Crippen LogP contribution in [0.3, 0.4) is 0 Å². The molecule has 0 amide bonds. The molecule has 0 unspecified atom stereocenters. The van der Waals surface area contributed by atoms with Crippen molar-refractivity contribution in [2.45, 2.75) is 6.61 Å². The zero-order chi connectivity index (χ0) is 14.8. The van der Waals surface area contributed by atoms with E-state index in [1.54, 1.807) is 12.1 Å². The normalized spacial score (nSPS) is 10.8. The van der Waals surface area contributed by atoms with E-state index in [9.17, 15) is 4.39 Å². The van der Waals surface area contributed by atoms with Crippen LogP contribution in [0.2, 0.25) is 5.02 Å². The first-order valence-corrected chi connectivity index (χ1v) is 6.87. The molecule has 3 rings (SSSR count). The van der Waals surface area contributed by atoms with Crippen molar-refractivity contribution in [2.75, 3.05) is 5.73 Å². The molecule has 4 heteroatoms. The maximum atomic E-state index is 13.0. The highest BCUT2D eigenvalue weighted by molar-refractivity contribution is 6.35. The van der Waals surface area contributed by atoms with E-state index in [-0.39, 0.29) is 12.4 Å². The van der Waals surface area contributed by atoms with Crippen LogP contribution >= 0.6 is 11.6 Å².